The summed E-state index contributed by atoms with van der Waals surface area (Å²) in [6, 6.07) is 3.89. The highest BCUT2D eigenvalue weighted by Crippen LogP contribution is 2.13. The number of nitrogens with zero attached hydrogens (tertiary/aromatic N) is 4. The molecule has 1 aliphatic heterocycles. The minimum Gasteiger partial charge on any atom is -0.365 e. The quantitative estimate of drug-likeness (QED) is 0.939. The maximum atomic E-state index is 12.4. The molecule has 0 bridgehead atoms. The molecule has 2 aromatic heterocycles. The molecule has 0 atom stereocenters. The smallest absolute Gasteiger partial charge is 0.274 e. The number of anilines is 1. The van der Waals surface area contributed by atoms with Crippen molar-refractivity contribution < 1.29 is 4.79 Å². The second-order valence-corrected chi connectivity index (χ2v) is 5.71. The predicted octanol–water partition coefficient (Wildman–Crippen LogP) is 2.50. The third-order valence-corrected chi connectivity index (χ3v) is 3.96. The number of hydrogen-bond acceptors (Lipinski definition) is 5. The van der Waals surface area contributed by atoms with Crippen LogP contribution >= 0.6 is 0 Å². The minimum absolute atomic E-state index is 0.0155. The van der Waals surface area contributed by atoms with Crippen molar-refractivity contribution >= 4 is 11.7 Å². The Morgan fingerprint density at radius 2 is 1.91 bits per heavy atom. The summed E-state index contributed by atoms with van der Waals surface area (Å²) in [7, 11) is 0. The highest BCUT2D eigenvalue weighted by molar-refractivity contribution is 5.92. The maximum absolute atomic E-state index is 12.4. The van der Waals surface area contributed by atoms with E-state index in [0.29, 0.717) is 18.1 Å². The van der Waals surface area contributed by atoms with Gasteiger partial charge >= 0.3 is 0 Å². The van der Waals surface area contributed by atoms with Crippen LogP contribution in [0.25, 0.3) is 0 Å². The van der Waals surface area contributed by atoms with Gasteiger partial charge in [-0.3, -0.25) is 9.78 Å². The van der Waals surface area contributed by atoms with Crippen molar-refractivity contribution in [1.82, 2.24) is 19.9 Å². The lowest BCUT2D eigenvalue weighted by Crippen LogP contribution is -2.32. The number of nitrogens with one attached hydrogen (secondary N) is 1. The zero-order valence-electron chi connectivity index (χ0n) is 13.1. The molecule has 120 valence electrons. The summed E-state index contributed by atoms with van der Waals surface area (Å²) in [5, 5.41) is 3.18. The summed E-state index contributed by atoms with van der Waals surface area (Å²) < 4.78 is 0. The normalized spacial score (nSPS) is 15.0. The van der Waals surface area contributed by atoms with Crippen LogP contribution in [0.5, 0.6) is 0 Å². The topological polar surface area (TPSA) is 71.0 Å². The van der Waals surface area contributed by atoms with Gasteiger partial charge in [-0.1, -0.05) is 18.9 Å². The molecule has 1 N–H and O–H groups in total. The molecule has 0 aliphatic carbocycles. The Balaban J connectivity index is 1.59. The van der Waals surface area contributed by atoms with Gasteiger partial charge in [0.2, 0.25) is 0 Å². The van der Waals surface area contributed by atoms with Crippen LogP contribution in [0.2, 0.25) is 0 Å². The number of carbonyl (C=O) groups excluding carboxylic acids is 1. The number of aromatic nitrogens is 3. The van der Waals surface area contributed by atoms with Crippen LogP contribution in [0.15, 0.2) is 36.9 Å². The van der Waals surface area contributed by atoms with Crippen LogP contribution < -0.4 is 5.32 Å². The maximum Gasteiger partial charge on any atom is 0.274 e. The number of rotatable bonds is 4. The molecule has 1 amide bonds. The average molecular weight is 311 g/mol. The van der Waals surface area contributed by atoms with Gasteiger partial charge in [0.25, 0.3) is 5.91 Å². The monoisotopic (exact) mass is 311 g/mol. The van der Waals surface area contributed by atoms with E-state index < -0.39 is 0 Å². The van der Waals surface area contributed by atoms with Gasteiger partial charge in [-0.15, -0.1) is 0 Å². The molecule has 0 aromatic carbocycles. The highest BCUT2D eigenvalue weighted by Gasteiger charge is 2.18. The Morgan fingerprint density at radius 1 is 1.09 bits per heavy atom. The Kier molecular flexibility index (Phi) is 5.13. The molecule has 1 saturated heterocycles. The van der Waals surface area contributed by atoms with E-state index in [0.717, 1.165) is 31.5 Å². The molecule has 3 rings (SSSR count). The van der Waals surface area contributed by atoms with E-state index >= 15 is 0 Å². The summed E-state index contributed by atoms with van der Waals surface area (Å²) in [5.74, 6) is 0.638. The molecule has 23 heavy (non-hydrogen) atoms. The fourth-order valence-electron chi connectivity index (χ4n) is 2.66. The Morgan fingerprint density at radius 3 is 2.57 bits per heavy atom. The number of pyridine rings is 1. The lowest BCUT2D eigenvalue weighted by atomic mass is 10.2. The standard InChI is InChI=1S/C17H21N5O/c23-17(22-8-3-1-2-4-9-22)15-12-21-16(13-19-15)20-11-14-6-5-7-18-10-14/h5-7,10,12-13H,1-4,8-9,11H2,(H,20,21). The van der Waals surface area contributed by atoms with Gasteiger partial charge in [0, 0.05) is 32.0 Å². The molecule has 2 aromatic rings. The highest BCUT2D eigenvalue weighted by atomic mass is 16.2. The van der Waals surface area contributed by atoms with Crippen molar-refractivity contribution in [3.8, 4) is 0 Å². The van der Waals surface area contributed by atoms with Crippen LogP contribution in [0, 0.1) is 0 Å². The van der Waals surface area contributed by atoms with Crippen molar-refractivity contribution in [3.63, 3.8) is 0 Å². The lowest BCUT2D eigenvalue weighted by molar-refractivity contribution is 0.0755. The van der Waals surface area contributed by atoms with Crippen molar-refractivity contribution in [2.24, 2.45) is 0 Å². The molecule has 1 aliphatic rings. The Bertz CT molecular complexity index is 621. The average Bonchev–Trinajstić information content (AvgIpc) is 2.90. The van der Waals surface area contributed by atoms with Crippen molar-refractivity contribution in [2.75, 3.05) is 18.4 Å². The lowest BCUT2D eigenvalue weighted by Gasteiger charge is -2.19. The fourth-order valence-corrected chi connectivity index (χ4v) is 2.66. The largest absolute Gasteiger partial charge is 0.365 e. The number of likely N-dealkylation sites (tertiary alicyclic amines) is 1. The SMILES string of the molecule is O=C(c1cnc(NCc2cccnc2)cn1)N1CCCCCC1. The Hall–Kier alpha value is -2.50. The van der Waals surface area contributed by atoms with Gasteiger partial charge < -0.3 is 10.2 Å². The zero-order valence-corrected chi connectivity index (χ0v) is 13.1. The van der Waals surface area contributed by atoms with E-state index in [1.54, 1.807) is 24.8 Å². The first-order valence-electron chi connectivity index (χ1n) is 8.07. The molecular formula is C17H21N5O. The molecular weight excluding hydrogens is 290 g/mol. The molecule has 6 nitrogen and oxygen atoms in total. The third-order valence-electron chi connectivity index (χ3n) is 3.96. The zero-order chi connectivity index (χ0) is 15.9. The fraction of sp³-hybridized carbons (Fsp3) is 0.412. The van der Waals surface area contributed by atoms with Crippen molar-refractivity contribution in [1.29, 1.82) is 0 Å². The Labute approximate surface area is 136 Å². The first-order valence-corrected chi connectivity index (χ1v) is 8.07. The second kappa shape index (κ2) is 7.67. The third kappa shape index (κ3) is 4.25. The molecule has 1 fully saturated rings. The van der Waals surface area contributed by atoms with Gasteiger partial charge in [-0.25, -0.2) is 9.97 Å². The van der Waals surface area contributed by atoms with Crippen LogP contribution in [0.3, 0.4) is 0 Å². The van der Waals surface area contributed by atoms with Gasteiger partial charge in [0.1, 0.15) is 11.5 Å². The molecule has 0 unspecified atom stereocenters. The number of hydrogen-bond donors (Lipinski definition) is 1. The molecule has 0 spiro atoms. The van der Waals surface area contributed by atoms with Gasteiger partial charge in [0.05, 0.1) is 12.4 Å². The minimum atomic E-state index is -0.0155. The summed E-state index contributed by atoms with van der Waals surface area (Å²) in [5.41, 5.74) is 1.48. The van der Waals surface area contributed by atoms with E-state index in [2.05, 4.69) is 20.3 Å². The van der Waals surface area contributed by atoms with E-state index in [4.69, 9.17) is 0 Å². The number of amides is 1. The summed E-state index contributed by atoms with van der Waals surface area (Å²) in [6.45, 7) is 2.27. The van der Waals surface area contributed by atoms with Crippen LogP contribution in [0.4, 0.5) is 5.82 Å². The van der Waals surface area contributed by atoms with Crippen LogP contribution in [-0.4, -0.2) is 38.8 Å². The van der Waals surface area contributed by atoms with Gasteiger partial charge in [0.15, 0.2) is 0 Å². The first kappa shape index (κ1) is 15.4. The van der Waals surface area contributed by atoms with Gasteiger partial charge in [-0.05, 0) is 24.5 Å². The van der Waals surface area contributed by atoms with E-state index in [-0.39, 0.29) is 5.91 Å². The molecule has 6 heteroatoms. The molecule has 3 heterocycles. The van der Waals surface area contributed by atoms with Crippen molar-refractivity contribution in [3.05, 3.63) is 48.2 Å². The van der Waals surface area contributed by atoms with Gasteiger partial charge in [-0.2, -0.15) is 0 Å². The predicted molar refractivity (Wildman–Crippen MR) is 88.0 cm³/mol. The second-order valence-electron chi connectivity index (χ2n) is 5.71. The summed E-state index contributed by atoms with van der Waals surface area (Å²) >= 11 is 0. The first-order chi connectivity index (χ1) is 11.3. The van der Waals surface area contributed by atoms with Crippen LogP contribution in [0.1, 0.15) is 41.7 Å². The van der Waals surface area contributed by atoms with Crippen LogP contribution in [-0.2, 0) is 6.54 Å². The molecule has 0 radical (unpaired) electrons. The number of carbonyl (C=O) groups is 1. The summed E-state index contributed by atoms with van der Waals surface area (Å²) in [4.78, 5) is 27.0. The molecule has 0 saturated carbocycles. The van der Waals surface area contributed by atoms with E-state index in [9.17, 15) is 4.79 Å². The van der Waals surface area contributed by atoms with E-state index in [1.807, 2.05) is 17.0 Å². The van der Waals surface area contributed by atoms with E-state index in [1.165, 1.54) is 12.8 Å². The van der Waals surface area contributed by atoms with Crippen molar-refractivity contribution in [2.45, 2.75) is 32.2 Å². The summed E-state index contributed by atoms with van der Waals surface area (Å²) in [6.07, 6.45) is 11.3.